The van der Waals surface area contributed by atoms with E-state index >= 15 is 0 Å². The monoisotopic (exact) mass is 264 g/mol. The van der Waals surface area contributed by atoms with E-state index in [1.807, 2.05) is 19.1 Å². The predicted octanol–water partition coefficient (Wildman–Crippen LogP) is 1.52. The predicted molar refractivity (Wildman–Crippen MR) is 70.8 cm³/mol. The van der Waals surface area contributed by atoms with Crippen LogP contribution >= 0.6 is 0 Å². The molecule has 2 heterocycles. The van der Waals surface area contributed by atoms with Crippen molar-refractivity contribution in [1.29, 1.82) is 0 Å². The first-order chi connectivity index (χ1) is 9.22. The van der Waals surface area contributed by atoms with Crippen LogP contribution in [0.2, 0.25) is 0 Å². The van der Waals surface area contributed by atoms with Crippen molar-refractivity contribution < 1.29 is 14.3 Å². The molecule has 0 aliphatic carbocycles. The molecule has 0 radical (unpaired) electrons. The molecule has 1 aliphatic rings. The minimum atomic E-state index is -0.0589. The van der Waals surface area contributed by atoms with Gasteiger partial charge in [0.2, 0.25) is 11.8 Å². The van der Waals surface area contributed by atoms with Crippen molar-refractivity contribution in [3.63, 3.8) is 0 Å². The minimum absolute atomic E-state index is 0.00968. The van der Waals surface area contributed by atoms with Crippen LogP contribution in [0, 0.1) is 5.92 Å². The van der Waals surface area contributed by atoms with Gasteiger partial charge in [-0.3, -0.25) is 4.79 Å². The molecule has 1 aliphatic heterocycles. The molecule has 0 spiro atoms. The second-order valence-corrected chi connectivity index (χ2v) is 4.71. The third-order valence-corrected chi connectivity index (χ3v) is 3.44. The summed E-state index contributed by atoms with van der Waals surface area (Å²) in [4.78, 5) is 16.2. The Morgan fingerprint density at radius 2 is 2.47 bits per heavy atom. The molecule has 1 aromatic rings. The van der Waals surface area contributed by atoms with Gasteiger partial charge < -0.3 is 14.8 Å². The first kappa shape index (κ1) is 13.8. The summed E-state index contributed by atoms with van der Waals surface area (Å²) in [7, 11) is 1.57. The van der Waals surface area contributed by atoms with E-state index in [1.54, 1.807) is 13.3 Å². The Bertz CT molecular complexity index is 436. The summed E-state index contributed by atoms with van der Waals surface area (Å²) in [5, 5.41) is 2.93. The van der Waals surface area contributed by atoms with E-state index < -0.39 is 0 Å². The maximum absolute atomic E-state index is 12.1. The Morgan fingerprint density at radius 1 is 1.63 bits per heavy atom. The number of rotatable bonds is 4. The molecular formula is C14H20N2O3. The highest BCUT2D eigenvalue weighted by molar-refractivity contribution is 5.79. The lowest BCUT2D eigenvalue weighted by atomic mass is 9.94. The Balaban J connectivity index is 1.92. The molecular weight excluding hydrogens is 244 g/mol. The van der Waals surface area contributed by atoms with E-state index in [-0.39, 0.29) is 17.9 Å². The number of hydrogen-bond donors (Lipinski definition) is 1. The highest BCUT2D eigenvalue weighted by atomic mass is 16.5. The average molecular weight is 264 g/mol. The second kappa shape index (κ2) is 6.52. The third-order valence-electron chi connectivity index (χ3n) is 3.44. The number of aromatic nitrogens is 1. The molecule has 2 atom stereocenters. The Labute approximate surface area is 113 Å². The lowest BCUT2D eigenvalue weighted by molar-refractivity contribution is -0.133. The number of hydrogen-bond acceptors (Lipinski definition) is 4. The van der Waals surface area contributed by atoms with Gasteiger partial charge in [0.05, 0.1) is 19.1 Å². The molecule has 1 saturated heterocycles. The Kier molecular flexibility index (Phi) is 4.74. The number of nitrogens with one attached hydrogen (secondary N) is 1. The van der Waals surface area contributed by atoms with Crippen LogP contribution in [0.1, 0.15) is 25.3 Å². The summed E-state index contributed by atoms with van der Waals surface area (Å²) in [6.45, 7) is 3.13. The molecule has 19 heavy (non-hydrogen) atoms. The molecule has 5 nitrogen and oxygen atoms in total. The topological polar surface area (TPSA) is 60.5 Å². The first-order valence-electron chi connectivity index (χ1n) is 6.59. The van der Waals surface area contributed by atoms with Crippen molar-refractivity contribution in [3.8, 4) is 5.88 Å². The molecule has 1 amide bonds. The molecule has 0 aromatic carbocycles. The average Bonchev–Trinajstić information content (AvgIpc) is 2.45. The Hall–Kier alpha value is -1.62. The number of amides is 1. The summed E-state index contributed by atoms with van der Waals surface area (Å²) < 4.78 is 10.7. The normalized spacial score (nSPS) is 22.8. The van der Waals surface area contributed by atoms with E-state index in [4.69, 9.17) is 9.47 Å². The van der Waals surface area contributed by atoms with Crippen LogP contribution in [0.25, 0.3) is 0 Å². The number of pyridine rings is 1. The number of carbonyl (C=O) groups is 1. The van der Waals surface area contributed by atoms with Gasteiger partial charge in [-0.2, -0.15) is 0 Å². The highest BCUT2D eigenvalue weighted by Gasteiger charge is 2.28. The van der Waals surface area contributed by atoms with Crippen molar-refractivity contribution >= 4 is 5.91 Å². The van der Waals surface area contributed by atoms with Crippen molar-refractivity contribution in [1.82, 2.24) is 10.3 Å². The van der Waals surface area contributed by atoms with Crippen LogP contribution in [-0.2, 0) is 16.1 Å². The van der Waals surface area contributed by atoms with Gasteiger partial charge >= 0.3 is 0 Å². The molecule has 0 bridgehead atoms. The zero-order valence-electron chi connectivity index (χ0n) is 11.4. The molecule has 1 N–H and O–H groups in total. The molecule has 104 valence electrons. The minimum Gasteiger partial charge on any atom is -0.481 e. The summed E-state index contributed by atoms with van der Waals surface area (Å²) in [6.07, 6.45) is 3.49. The van der Waals surface area contributed by atoms with Gasteiger partial charge in [-0.1, -0.05) is 6.07 Å². The van der Waals surface area contributed by atoms with Crippen LogP contribution in [0.15, 0.2) is 18.3 Å². The summed E-state index contributed by atoms with van der Waals surface area (Å²) in [6, 6.07) is 3.73. The van der Waals surface area contributed by atoms with Gasteiger partial charge in [0.15, 0.2) is 0 Å². The summed E-state index contributed by atoms with van der Waals surface area (Å²) >= 11 is 0. The Morgan fingerprint density at radius 3 is 3.21 bits per heavy atom. The fourth-order valence-electron chi connectivity index (χ4n) is 2.32. The molecule has 1 fully saturated rings. The third kappa shape index (κ3) is 3.44. The van der Waals surface area contributed by atoms with E-state index in [9.17, 15) is 4.79 Å². The standard InChI is InChI=1S/C14H20N2O3/c1-10-12(6-4-8-19-10)13(17)16-9-11-5-3-7-15-14(11)18-2/h3,5,7,10,12H,4,6,8-9H2,1-2H3,(H,16,17). The fourth-order valence-corrected chi connectivity index (χ4v) is 2.32. The van der Waals surface area contributed by atoms with Crippen molar-refractivity contribution in [2.75, 3.05) is 13.7 Å². The van der Waals surface area contributed by atoms with Gasteiger partial charge in [-0.05, 0) is 25.8 Å². The zero-order valence-corrected chi connectivity index (χ0v) is 11.4. The van der Waals surface area contributed by atoms with Gasteiger partial charge in [0.25, 0.3) is 0 Å². The van der Waals surface area contributed by atoms with Crippen LogP contribution in [0.5, 0.6) is 5.88 Å². The molecule has 1 aromatic heterocycles. The molecule has 2 rings (SSSR count). The van der Waals surface area contributed by atoms with E-state index in [0.29, 0.717) is 12.4 Å². The van der Waals surface area contributed by atoms with Crippen LogP contribution < -0.4 is 10.1 Å². The SMILES string of the molecule is COc1ncccc1CNC(=O)C1CCCOC1C. The van der Waals surface area contributed by atoms with Crippen molar-refractivity contribution in [2.45, 2.75) is 32.4 Å². The van der Waals surface area contributed by atoms with Crippen molar-refractivity contribution in [3.05, 3.63) is 23.9 Å². The van der Waals surface area contributed by atoms with E-state index in [2.05, 4.69) is 10.3 Å². The largest absolute Gasteiger partial charge is 0.481 e. The van der Waals surface area contributed by atoms with Crippen LogP contribution in [-0.4, -0.2) is 30.7 Å². The molecule has 0 saturated carbocycles. The van der Waals surface area contributed by atoms with Gasteiger partial charge in [0.1, 0.15) is 0 Å². The lowest BCUT2D eigenvalue weighted by Crippen LogP contribution is -2.39. The van der Waals surface area contributed by atoms with Crippen molar-refractivity contribution in [2.24, 2.45) is 5.92 Å². The second-order valence-electron chi connectivity index (χ2n) is 4.71. The van der Waals surface area contributed by atoms with Gasteiger partial charge in [0, 0.05) is 24.9 Å². The number of carbonyl (C=O) groups excluding carboxylic acids is 1. The molecule has 2 unspecified atom stereocenters. The number of methoxy groups -OCH3 is 1. The highest BCUT2D eigenvalue weighted by Crippen LogP contribution is 2.21. The zero-order chi connectivity index (χ0) is 13.7. The van der Waals surface area contributed by atoms with Crippen LogP contribution in [0.3, 0.4) is 0 Å². The van der Waals surface area contributed by atoms with E-state index in [0.717, 1.165) is 25.0 Å². The van der Waals surface area contributed by atoms with Crippen LogP contribution in [0.4, 0.5) is 0 Å². The fraction of sp³-hybridized carbons (Fsp3) is 0.571. The van der Waals surface area contributed by atoms with Gasteiger partial charge in [-0.25, -0.2) is 4.98 Å². The summed E-state index contributed by atoms with van der Waals surface area (Å²) in [5.41, 5.74) is 0.878. The smallest absolute Gasteiger partial charge is 0.225 e. The lowest BCUT2D eigenvalue weighted by Gasteiger charge is -2.28. The van der Waals surface area contributed by atoms with E-state index in [1.165, 1.54) is 0 Å². The molecule has 5 heteroatoms. The number of nitrogens with zero attached hydrogens (tertiary/aromatic N) is 1. The quantitative estimate of drug-likeness (QED) is 0.895. The number of ether oxygens (including phenoxy) is 2. The summed E-state index contributed by atoms with van der Waals surface area (Å²) in [5.74, 6) is 0.533. The first-order valence-corrected chi connectivity index (χ1v) is 6.59. The maximum atomic E-state index is 12.1. The van der Waals surface area contributed by atoms with Gasteiger partial charge in [-0.15, -0.1) is 0 Å². The maximum Gasteiger partial charge on any atom is 0.225 e.